The topological polar surface area (TPSA) is 49.6 Å². The summed E-state index contributed by atoms with van der Waals surface area (Å²) in [5.74, 6) is -0.00334. The maximum Gasteiger partial charge on any atom is 0.265 e. The predicted octanol–water partition coefficient (Wildman–Crippen LogP) is 3.38. The zero-order valence-corrected chi connectivity index (χ0v) is 15.2. The molecular weight excluding hydrogens is 302 g/mol. The van der Waals surface area contributed by atoms with Gasteiger partial charge in [0.15, 0.2) is 0 Å². The summed E-state index contributed by atoms with van der Waals surface area (Å²) in [7, 11) is 3.53. The van der Waals surface area contributed by atoms with Gasteiger partial charge in [-0.25, -0.2) is 0 Å². The molecule has 118 valence electrons. The number of carbonyl (C=O) groups excluding carboxylic acids is 1. The zero-order valence-electron chi connectivity index (χ0n) is 13.5. The number of thiophene rings is 1. The quantitative estimate of drug-likeness (QED) is 0.865. The number of carbonyl (C=O) groups is 1. The SMILES string of the molecule is CSc1c(N2CCC(C)(C)CC2)sc(C(=O)N(C)C)c1N. The number of hydrogen-bond donors (Lipinski definition) is 1. The third-order valence-electron chi connectivity index (χ3n) is 4.09. The van der Waals surface area contributed by atoms with Crippen molar-refractivity contribution in [2.24, 2.45) is 5.41 Å². The van der Waals surface area contributed by atoms with Gasteiger partial charge in [-0.15, -0.1) is 23.1 Å². The first kappa shape index (κ1) is 16.5. The van der Waals surface area contributed by atoms with Crippen LogP contribution in [0.4, 0.5) is 10.7 Å². The van der Waals surface area contributed by atoms with Crippen molar-refractivity contribution < 1.29 is 4.79 Å². The number of nitrogen functional groups attached to an aromatic ring is 1. The lowest BCUT2D eigenvalue weighted by atomic mass is 9.83. The predicted molar refractivity (Wildman–Crippen MR) is 93.8 cm³/mol. The molecule has 21 heavy (non-hydrogen) atoms. The average Bonchev–Trinajstić information content (AvgIpc) is 2.74. The molecule has 6 heteroatoms. The van der Waals surface area contributed by atoms with E-state index in [0.717, 1.165) is 18.0 Å². The second kappa shape index (κ2) is 6.08. The van der Waals surface area contributed by atoms with E-state index in [1.807, 2.05) is 6.26 Å². The summed E-state index contributed by atoms with van der Waals surface area (Å²) in [5, 5.41) is 1.17. The van der Waals surface area contributed by atoms with E-state index in [1.54, 1.807) is 42.1 Å². The third kappa shape index (κ3) is 3.31. The molecule has 2 heterocycles. The molecule has 4 nitrogen and oxygen atoms in total. The first-order valence-electron chi connectivity index (χ1n) is 7.19. The van der Waals surface area contributed by atoms with Crippen LogP contribution in [0.3, 0.4) is 0 Å². The molecule has 0 spiro atoms. The fraction of sp³-hybridized carbons (Fsp3) is 0.667. The monoisotopic (exact) mass is 327 g/mol. The van der Waals surface area contributed by atoms with Crippen LogP contribution in [0.25, 0.3) is 0 Å². The van der Waals surface area contributed by atoms with Crippen molar-refractivity contribution in [2.75, 3.05) is 44.1 Å². The minimum absolute atomic E-state index is 0.00334. The van der Waals surface area contributed by atoms with Crippen LogP contribution >= 0.6 is 23.1 Å². The van der Waals surface area contributed by atoms with Gasteiger partial charge in [0.2, 0.25) is 0 Å². The second-order valence-corrected chi connectivity index (χ2v) is 8.35. The smallest absolute Gasteiger partial charge is 0.265 e. The van der Waals surface area contributed by atoms with E-state index >= 15 is 0 Å². The van der Waals surface area contributed by atoms with E-state index in [1.165, 1.54) is 17.8 Å². The van der Waals surface area contributed by atoms with Crippen LogP contribution in [-0.2, 0) is 0 Å². The molecule has 2 rings (SSSR count). The molecular formula is C15H25N3OS2. The number of piperidine rings is 1. The first-order valence-corrected chi connectivity index (χ1v) is 9.24. The van der Waals surface area contributed by atoms with Crippen molar-refractivity contribution in [3.05, 3.63) is 4.88 Å². The molecule has 1 aromatic rings. The van der Waals surface area contributed by atoms with Crippen molar-refractivity contribution >= 4 is 39.7 Å². The van der Waals surface area contributed by atoms with Crippen LogP contribution in [0.1, 0.15) is 36.4 Å². The van der Waals surface area contributed by atoms with E-state index in [9.17, 15) is 4.79 Å². The molecule has 1 amide bonds. The van der Waals surface area contributed by atoms with Gasteiger partial charge < -0.3 is 15.5 Å². The Labute approximate surface area is 135 Å². The van der Waals surface area contributed by atoms with Gasteiger partial charge in [0.05, 0.1) is 10.6 Å². The molecule has 1 aliphatic heterocycles. The average molecular weight is 328 g/mol. The van der Waals surface area contributed by atoms with Gasteiger partial charge in [-0.3, -0.25) is 4.79 Å². The lowest BCUT2D eigenvalue weighted by Gasteiger charge is -2.37. The molecule has 1 aromatic heterocycles. The number of anilines is 2. The van der Waals surface area contributed by atoms with Crippen LogP contribution in [0.5, 0.6) is 0 Å². The third-order valence-corrected chi connectivity index (χ3v) is 6.30. The van der Waals surface area contributed by atoms with Crippen LogP contribution in [-0.4, -0.2) is 44.2 Å². The summed E-state index contributed by atoms with van der Waals surface area (Å²) in [6.07, 6.45) is 4.38. The van der Waals surface area contributed by atoms with Crippen molar-refractivity contribution in [1.82, 2.24) is 4.90 Å². The number of amides is 1. The highest BCUT2D eigenvalue weighted by atomic mass is 32.2. The van der Waals surface area contributed by atoms with E-state index < -0.39 is 0 Å². The molecule has 0 unspecified atom stereocenters. The van der Waals surface area contributed by atoms with E-state index in [4.69, 9.17) is 5.73 Å². The zero-order chi connectivity index (χ0) is 15.8. The van der Waals surface area contributed by atoms with Crippen molar-refractivity contribution in [3.63, 3.8) is 0 Å². The summed E-state index contributed by atoms with van der Waals surface area (Å²) in [6.45, 7) is 6.72. The van der Waals surface area contributed by atoms with Crippen molar-refractivity contribution in [3.8, 4) is 0 Å². The second-order valence-electron chi connectivity index (χ2n) is 6.53. The lowest BCUT2D eigenvalue weighted by molar-refractivity contribution is 0.0833. The summed E-state index contributed by atoms with van der Waals surface area (Å²) < 4.78 is 0. The van der Waals surface area contributed by atoms with Crippen LogP contribution in [0.2, 0.25) is 0 Å². The lowest BCUT2D eigenvalue weighted by Crippen LogP contribution is -2.37. The van der Waals surface area contributed by atoms with E-state index in [0.29, 0.717) is 16.0 Å². The molecule has 0 aliphatic carbocycles. The number of nitrogens with zero attached hydrogens (tertiary/aromatic N) is 2. The highest BCUT2D eigenvalue weighted by molar-refractivity contribution is 7.99. The van der Waals surface area contributed by atoms with Gasteiger partial charge in [-0.2, -0.15) is 0 Å². The molecule has 0 aromatic carbocycles. The van der Waals surface area contributed by atoms with Crippen LogP contribution in [0, 0.1) is 5.41 Å². The van der Waals surface area contributed by atoms with Gasteiger partial charge in [-0.05, 0) is 24.5 Å². The minimum atomic E-state index is -0.00334. The van der Waals surface area contributed by atoms with Crippen molar-refractivity contribution in [2.45, 2.75) is 31.6 Å². The molecule has 0 bridgehead atoms. The Balaban J connectivity index is 2.32. The highest BCUT2D eigenvalue weighted by Gasteiger charge is 2.30. The Hall–Kier alpha value is -0.880. The first-order chi connectivity index (χ1) is 9.76. The largest absolute Gasteiger partial charge is 0.396 e. The maximum atomic E-state index is 12.3. The summed E-state index contributed by atoms with van der Waals surface area (Å²) in [6, 6.07) is 0. The van der Waals surface area contributed by atoms with Gasteiger partial charge in [0.25, 0.3) is 5.91 Å². The van der Waals surface area contributed by atoms with E-state index in [2.05, 4.69) is 18.7 Å². The number of rotatable bonds is 3. The van der Waals surface area contributed by atoms with Gasteiger partial charge in [-0.1, -0.05) is 13.8 Å². The summed E-state index contributed by atoms with van der Waals surface area (Å²) in [4.78, 5) is 18.0. The molecule has 0 saturated carbocycles. The Kier molecular flexibility index (Phi) is 4.78. The van der Waals surface area contributed by atoms with E-state index in [-0.39, 0.29) is 5.91 Å². The molecule has 1 saturated heterocycles. The Morgan fingerprint density at radius 1 is 1.33 bits per heavy atom. The Morgan fingerprint density at radius 3 is 2.38 bits per heavy atom. The van der Waals surface area contributed by atoms with Crippen molar-refractivity contribution in [1.29, 1.82) is 0 Å². The highest BCUT2D eigenvalue weighted by Crippen LogP contribution is 2.46. The number of hydrogen-bond acceptors (Lipinski definition) is 5. The number of nitrogens with two attached hydrogens (primary N) is 1. The standard InChI is InChI=1S/C15H25N3OS2/c1-15(2)6-8-18(9-7-15)14-12(20-5)10(16)11(21-14)13(19)17(3)4/h6-9,16H2,1-5H3. The van der Waals surface area contributed by atoms with Gasteiger partial charge in [0.1, 0.15) is 9.88 Å². The molecule has 1 fully saturated rings. The fourth-order valence-electron chi connectivity index (χ4n) is 2.50. The molecule has 2 N–H and O–H groups in total. The van der Waals surface area contributed by atoms with Crippen LogP contribution < -0.4 is 10.6 Å². The number of thioether (sulfide) groups is 1. The van der Waals surface area contributed by atoms with Gasteiger partial charge in [0, 0.05) is 27.2 Å². The normalized spacial score (nSPS) is 17.9. The molecule has 0 atom stereocenters. The fourth-order valence-corrected chi connectivity index (χ4v) is 4.75. The summed E-state index contributed by atoms with van der Waals surface area (Å²) >= 11 is 3.18. The van der Waals surface area contributed by atoms with Gasteiger partial charge >= 0.3 is 0 Å². The molecule has 0 radical (unpaired) electrons. The maximum absolute atomic E-state index is 12.3. The minimum Gasteiger partial charge on any atom is -0.396 e. The Morgan fingerprint density at radius 2 is 1.90 bits per heavy atom. The summed E-state index contributed by atoms with van der Waals surface area (Å²) in [5.41, 5.74) is 7.29. The Bertz CT molecular complexity index is 527. The molecule has 1 aliphatic rings. The van der Waals surface area contributed by atoms with Crippen LogP contribution in [0.15, 0.2) is 4.90 Å².